The normalized spacial score (nSPS) is 14.6. The molecule has 0 aliphatic carbocycles. The molecule has 40 heavy (non-hydrogen) atoms. The standard InChI is InChI=1S/C30H22Cl2FN3O3S/c1-17-14-20(15-24-28(37)34-30(40)36(29(24)38)26-5-3-4-25(31)27(26)32)18(2)35(17)22-10-12-23(13-11-22)39-16-19-6-8-21(33)9-7-19/h3-15H,16H2,1-2H3,(H,34,37,40)/b24-15+. The summed E-state index contributed by atoms with van der Waals surface area (Å²) < 4.78 is 21.0. The van der Waals surface area contributed by atoms with Crippen molar-refractivity contribution in [3.05, 3.63) is 117 Å². The second-order valence-electron chi connectivity index (χ2n) is 9.10. The molecule has 0 saturated carbocycles. The van der Waals surface area contributed by atoms with Crippen molar-refractivity contribution in [1.29, 1.82) is 0 Å². The Morgan fingerprint density at radius 3 is 2.40 bits per heavy atom. The van der Waals surface area contributed by atoms with Crippen LogP contribution in [0.5, 0.6) is 5.75 Å². The highest BCUT2D eigenvalue weighted by atomic mass is 35.5. The van der Waals surface area contributed by atoms with Crippen LogP contribution in [-0.4, -0.2) is 21.5 Å². The fourth-order valence-electron chi connectivity index (χ4n) is 4.47. The van der Waals surface area contributed by atoms with Crippen molar-refractivity contribution in [3.8, 4) is 11.4 Å². The van der Waals surface area contributed by atoms with Crippen LogP contribution in [0.25, 0.3) is 11.8 Å². The van der Waals surface area contributed by atoms with Crippen LogP contribution in [-0.2, 0) is 16.2 Å². The largest absolute Gasteiger partial charge is 0.489 e. The molecule has 6 nitrogen and oxygen atoms in total. The fourth-order valence-corrected chi connectivity index (χ4v) is 5.12. The number of hydrogen-bond donors (Lipinski definition) is 1. The van der Waals surface area contributed by atoms with Crippen LogP contribution < -0.4 is 15.0 Å². The number of amides is 2. The molecule has 1 fully saturated rings. The van der Waals surface area contributed by atoms with Gasteiger partial charge in [-0.05, 0) is 97.9 Å². The molecule has 10 heteroatoms. The highest BCUT2D eigenvalue weighted by Crippen LogP contribution is 2.35. The summed E-state index contributed by atoms with van der Waals surface area (Å²) in [5.74, 6) is -0.833. The maximum absolute atomic E-state index is 13.5. The van der Waals surface area contributed by atoms with Gasteiger partial charge in [-0.1, -0.05) is 41.4 Å². The third-order valence-electron chi connectivity index (χ3n) is 6.46. The van der Waals surface area contributed by atoms with Gasteiger partial charge in [-0.3, -0.25) is 19.8 Å². The summed E-state index contributed by atoms with van der Waals surface area (Å²) in [7, 11) is 0. The highest BCUT2D eigenvalue weighted by molar-refractivity contribution is 7.80. The number of carbonyl (C=O) groups is 2. The lowest BCUT2D eigenvalue weighted by Crippen LogP contribution is -2.54. The van der Waals surface area contributed by atoms with Crippen molar-refractivity contribution in [1.82, 2.24) is 9.88 Å². The van der Waals surface area contributed by atoms with E-state index in [4.69, 9.17) is 40.2 Å². The average Bonchev–Trinajstić information content (AvgIpc) is 3.21. The predicted octanol–water partition coefficient (Wildman–Crippen LogP) is 6.95. The molecule has 2 amide bonds. The van der Waals surface area contributed by atoms with E-state index in [-0.39, 0.29) is 32.2 Å². The number of thiocarbonyl (C=S) groups is 1. The van der Waals surface area contributed by atoms with Gasteiger partial charge in [-0.2, -0.15) is 0 Å². The molecule has 1 aliphatic heterocycles. The molecule has 1 N–H and O–H groups in total. The molecule has 202 valence electrons. The van der Waals surface area contributed by atoms with Gasteiger partial charge >= 0.3 is 0 Å². The van der Waals surface area contributed by atoms with Crippen LogP contribution in [0.1, 0.15) is 22.5 Å². The summed E-state index contributed by atoms with van der Waals surface area (Å²) in [6.07, 6.45) is 1.55. The number of ether oxygens (including phenoxy) is 1. The van der Waals surface area contributed by atoms with E-state index < -0.39 is 11.8 Å². The first kappa shape index (κ1) is 27.6. The zero-order chi connectivity index (χ0) is 28.6. The van der Waals surface area contributed by atoms with Gasteiger partial charge < -0.3 is 9.30 Å². The highest BCUT2D eigenvalue weighted by Gasteiger charge is 2.36. The lowest BCUT2D eigenvalue weighted by atomic mass is 10.1. The van der Waals surface area contributed by atoms with E-state index in [0.717, 1.165) is 22.6 Å². The average molecular weight is 594 g/mol. The summed E-state index contributed by atoms with van der Waals surface area (Å²) in [6, 6.07) is 20.4. The lowest BCUT2D eigenvalue weighted by Gasteiger charge is -2.29. The first-order chi connectivity index (χ1) is 19.1. The van der Waals surface area contributed by atoms with E-state index in [0.29, 0.717) is 17.9 Å². The molecule has 1 saturated heterocycles. The molecular formula is C30H22Cl2FN3O3S. The van der Waals surface area contributed by atoms with Crippen LogP contribution in [0.4, 0.5) is 10.1 Å². The van der Waals surface area contributed by atoms with Gasteiger partial charge in [-0.25, -0.2) is 4.39 Å². The number of anilines is 1. The molecule has 3 aromatic carbocycles. The van der Waals surface area contributed by atoms with Gasteiger partial charge in [0.05, 0.1) is 15.7 Å². The Kier molecular flexibility index (Phi) is 7.76. The monoisotopic (exact) mass is 593 g/mol. The number of nitrogens with zero attached hydrogens (tertiary/aromatic N) is 2. The summed E-state index contributed by atoms with van der Waals surface area (Å²) in [4.78, 5) is 27.5. The molecular weight excluding hydrogens is 572 g/mol. The molecule has 1 aliphatic rings. The molecule has 4 aromatic rings. The SMILES string of the molecule is Cc1cc(/C=C2\C(=O)NC(=S)N(c3cccc(Cl)c3Cl)C2=O)c(C)n1-c1ccc(OCc2ccc(F)cc2)cc1. The van der Waals surface area contributed by atoms with Crippen molar-refractivity contribution < 1.29 is 18.7 Å². The van der Waals surface area contributed by atoms with Crippen LogP contribution in [0.2, 0.25) is 10.0 Å². The van der Waals surface area contributed by atoms with Crippen LogP contribution >= 0.6 is 35.4 Å². The van der Waals surface area contributed by atoms with Crippen molar-refractivity contribution in [2.24, 2.45) is 0 Å². The lowest BCUT2D eigenvalue weighted by molar-refractivity contribution is -0.122. The smallest absolute Gasteiger partial charge is 0.270 e. The van der Waals surface area contributed by atoms with E-state index in [2.05, 4.69) is 5.32 Å². The zero-order valence-corrected chi connectivity index (χ0v) is 23.7. The molecule has 2 heterocycles. The quantitative estimate of drug-likeness (QED) is 0.149. The minimum Gasteiger partial charge on any atom is -0.489 e. The van der Waals surface area contributed by atoms with Gasteiger partial charge in [0.25, 0.3) is 11.8 Å². The fraction of sp³-hybridized carbons (Fsp3) is 0.100. The molecule has 5 rings (SSSR count). The number of hydrogen-bond acceptors (Lipinski definition) is 4. The number of nitrogens with one attached hydrogen (secondary N) is 1. The first-order valence-corrected chi connectivity index (χ1v) is 13.3. The van der Waals surface area contributed by atoms with Gasteiger partial charge in [0.15, 0.2) is 5.11 Å². The van der Waals surface area contributed by atoms with Crippen molar-refractivity contribution in [3.63, 3.8) is 0 Å². The number of aryl methyl sites for hydroxylation is 1. The Morgan fingerprint density at radius 1 is 1.00 bits per heavy atom. The Morgan fingerprint density at radius 2 is 1.70 bits per heavy atom. The molecule has 0 unspecified atom stereocenters. The van der Waals surface area contributed by atoms with E-state index >= 15 is 0 Å². The summed E-state index contributed by atoms with van der Waals surface area (Å²) in [5, 5.41) is 2.90. The van der Waals surface area contributed by atoms with Crippen molar-refractivity contribution in [2.75, 3.05) is 4.90 Å². The van der Waals surface area contributed by atoms with Crippen molar-refractivity contribution >= 4 is 64.1 Å². The third kappa shape index (κ3) is 5.38. The minimum absolute atomic E-state index is 0.0801. The van der Waals surface area contributed by atoms with E-state index in [1.807, 2.05) is 48.7 Å². The predicted molar refractivity (Wildman–Crippen MR) is 159 cm³/mol. The third-order valence-corrected chi connectivity index (χ3v) is 7.55. The number of aromatic nitrogens is 1. The second kappa shape index (κ2) is 11.3. The topological polar surface area (TPSA) is 63.6 Å². The second-order valence-corrected chi connectivity index (χ2v) is 10.3. The van der Waals surface area contributed by atoms with Crippen LogP contribution in [0.3, 0.4) is 0 Å². The van der Waals surface area contributed by atoms with Crippen molar-refractivity contribution in [2.45, 2.75) is 20.5 Å². The van der Waals surface area contributed by atoms with Crippen LogP contribution in [0, 0.1) is 19.7 Å². The Bertz CT molecular complexity index is 1680. The summed E-state index contributed by atoms with van der Waals surface area (Å²) in [5.41, 5.74) is 4.35. The summed E-state index contributed by atoms with van der Waals surface area (Å²) in [6.45, 7) is 4.15. The van der Waals surface area contributed by atoms with Crippen LogP contribution in [0.15, 0.2) is 78.4 Å². The number of rotatable bonds is 6. The van der Waals surface area contributed by atoms with E-state index in [1.165, 1.54) is 17.0 Å². The Labute approximate surface area is 245 Å². The molecule has 1 aromatic heterocycles. The van der Waals surface area contributed by atoms with E-state index in [1.54, 1.807) is 36.4 Å². The minimum atomic E-state index is -0.606. The summed E-state index contributed by atoms with van der Waals surface area (Å²) >= 11 is 17.8. The number of carbonyl (C=O) groups excluding carboxylic acids is 2. The Hall–Kier alpha value is -3.98. The Balaban J connectivity index is 1.41. The molecule has 0 radical (unpaired) electrons. The van der Waals surface area contributed by atoms with Gasteiger partial charge in [0, 0.05) is 17.1 Å². The van der Waals surface area contributed by atoms with Gasteiger partial charge in [0.1, 0.15) is 23.7 Å². The molecule has 0 bridgehead atoms. The molecule has 0 spiro atoms. The zero-order valence-electron chi connectivity index (χ0n) is 21.4. The van der Waals surface area contributed by atoms with Gasteiger partial charge in [-0.15, -0.1) is 0 Å². The maximum Gasteiger partial charge on any atom is 0.270 e. The number of halogens is 3. The van der Waals surface area contributed by atoms with Gasteiger partial charge in [0.2, 0.25) is 0 Å². The number of benzene rings is 3. The van der Waals surface area contributed by atoms with E-state index in [9.17, 15) is 14.0 Å². The maximum atomic E-state index is 13.5. The molecule has 0 atom stereocenters. The first-order valence-electron chi connectivity index (χ1n) is 12.2.